The first-order valence-corrected chi connectivity index (χ1v) is 10.3. The summed E-state index contributed by atoms with van der Waals surface area (Å²) >= 11 is 0. The number of carboxylic acid groups (broad SMARTS) is 1. The van der Waals surface area contributed by atoms with E-state index in [0.29, 0.717) is 6.42 Å². The third-order valence-electron chi connectivity index (χ3n) is 5.56. The lowest BCUT2D eigenvalue weighted by atomic mass is 9.98. The van der Waals surface area contributed by atoms with Gasteiger partial charge < -0.3 is 15.2 Å². The Morgan fingerprint density at radius 2 is 1.58 bits per heavy atom. The van der Waals surface area contributed by atoms with Gasteiger partial charge in [-0.25, -0.2) is 0 Å². The van der Waals surface area contributed by atoms with Crippen LogP contribution >= 0.6 is 0 Å². The van der Waals surface area contributed by atoms with Crippen molar-refractivity contribution in [2.45, 2.75) is 24.8 Å². The van der Waals surface area contributed by atoms with Gasteiger partial charge in [0.15, 0.2) is 0 Å². The van der Waals surface area contributed by atoms with Crippen LogP contribution in [-0.2, 0) is 20.7 Å². The molecule has 3 aromatic rings. The van der Waals surface area contributed by atoms with E-state index < -0.39 is 11.9 Å². The first-order chi connectivity index (χ1) is 15.1. The minimum atomic E-state index is -0.918. The molecule has 2 N–H and O–H groups in total. The van der Waals surface area contributed by atoms with E-state index in [9.17, 15) is 14.7 Å². The molecule has 2 aromatic carbocycles. The zero-order chi connectivity index (χ0) is 21.6. The highest BCUT2D eigenvalue weighted by Gasteiger charge is 2.29. The van der Waals surface area contributed by atoms with E-state index in [1.807, 2.05) is 36.4 Å². The summed E-state index contributed by atoms with van der Waals surface area (Å²) in [6.07, 6.45) is 3.74. The maximum Gasteiger partial charge on any atom is 0.319 e. The third-order valence-corrected chi connectivity index (χ3v) is 5.56. The minimum absolute atomic E-state index is 0.00276. The summed E-state index contributed by atoms with van der Waals surface area (Å²) in [6, 6.07) is 19.6. The summed E-state index contributed by atoms with van der Waals surface area (Å²) in [4.78, 5) is 27.6. The molecule has 0 bridgehead atoms. The number of nitrogens with one attached hydrogen (secondary N) is 1. The molecule has 0 saturated carbocycles. The number of nitrogens with zero attached hydrogens (tertiary/aromatic N) is 1. The molecule has 6 heteroatoms. The van der Waals surface area contributed by atoms with Crippen molar-refractivity contribution < 1.29 is 19.4 Å². The number of benzene rings is 2. The van der Waals surface area contributed by atoms with Gasteiger partial charge in [0.05, 0.1) is 13.0 Å². The van der Waals surface area contributed by atoms with Crippen LogP contribution in [0.25, 0.3) is 11.1 Å². The van der Waals surface area contributed by atoms with Gasteiger partial charge in [-0.15, -0.1) is 0 Å². The van der Waals surface area contributed by atoms with Crippen molar-refractivity contribution in [1.82, 2.24) is 10.3 Å². The maximum absolute atomic E-state index is 12.4. The van der Waals surface area contributed by atoms with Gasteiger partial charge in [-0.1, -0.05) is 48.5 Å². The number of carbonyl (C=O) groups excluding carboxylic acids is 1. The van der Waals surface area contributed by atoms with Crippen molar-refractivity contribution in [3.05, 3.63) is 89.7 Å². The van der Waals surface area contributed by atoms with Crippen LogP contribution in [0.2, 0.25) is 0 Å². The van der Waals surface area contributed by atoms with Crippen LogP contribution in [-0.4, -0.2) is 41.2 Å². The Balaban J connectivity index is 1.36. The summed E-state index contributed by atoms with van der Waals surface area (Å²) in [5.74, 6) is -1.31. The number of hydrogen-bond donors (Lipinski definition) is 2. The first-order valence-electron chi connectivity index (χ1n) is 10.3. The zero-order valence-electron chi connectivity index (χ0n) is 17.0. The molecule has 0 amide bonds. The van der Waals surface area contributed by atoms with Crippen molar-refractivity contribution in [3.63, 3.8) is 0 Å². The van der Waals surface area contributed by atoms with Crippen LogP contribution in [0.3, 0.4) is 0 Å². The Morgan fingerprint density at radius 1 is 0.968 bits per heavy atom. The van der Waals surface area contributed by atoms with E-state index in [0.717, 1.165) is 16.7 Å². The molecule has 0 aliphatic heterocycles. The second kappa shape index (κ2) is 9.53. The smallest absolute Gasteiger partial charge is 0.319 e. The molecule has 1 unspecified atom stereocenters. The predicted molar refractivity (Wildman–Crippen MR) is 117 cm³/mol. The molecule has 1 heterocycles. The van der Waals surface area contributed by atoms with Gasteiger partial charge in [0.25, 0.3) is 0 Å². The molecule has 1 aliphatic carbocycles. The fourth-order valence-corrected chi connectivity index (χ4v) is 4.13. The van der Waals surface area contributed by atoms with E-state index in [1.165, 1.54) is 11.1 Å². The lowest BCUT2D eigenvalue weighted by molar-refractivity contribution is -0.143. The highest BCUT2D eigenvalue weighted by atomic mass is 16.5. The van der Waals surface area contributed by atoms with Crippen molar-refractivity contribution >= 4 is 11.9 Å². The van der Waals surface area contributed by atoms with Gasteiger partial charge in [-0.05, 0) is 46.4 Å². The Kier molecular flexibility index (Phi) is 6.38. The number of fused-ring (bicyclic) bond motifs is 3. The monoisotopic (exact) mass is 416 g/mol. The fourth-order valence-electron chi connectivity index (χ4n) is 4.13. The molecular formula is C25H24N2O4. The van der Waals surface area contributed by atoms with Crippen LogP contribution in [0.4, 0.5) is 0 Å². The number of aliphatic carboxylic acids is 1. The van der Waals surface area contributed by atoms with E-state index >= 15 is 0 Å². The zero-order valence-corrected chi connectivity index (χ0v) is 17.0. The first kappa shape index (κ1) is 20.8. The molecule has 0 radical (unpaired) electrons. The van der Waals surface area contributed by atoms with E-state index in [2.05, 4.69) is 34.6 Å². The molecule has 0 fully saturated rings. The molecular weight excluding hydrogens is 392 g/mol. The number of esters is 1. The average molecular weight is 416 g/mol. The van der Waals surface area contributed by atoms with Crippen LogP contribution in [0, 0.1) is 0 Å². The van der Waals surface area contributed by atoms with Gasteiger partial charge in [-0.2, -0.15) is 0 Å². The number of pyridine rings is 1. The molecule has 1 atom stereocenters. The summed E-state index contributed by atoms with van der Waals surface area (Å²) < 4.78 is 5.59. The molecule has 4 rings (SSSR count). The second-order valence-electron chi connectivity index (χ2n) is 7.65. The molecule has 0 spiro atoms. The number of aromatic nitrogens is 1. The number of ether oxygens (including phenoxy) is 1. The Hall–Kier alpha value is -3.51. The van der Waals surface area contributed by atoms with E-state index in [1.54, 1.807) is 12.4 Å². The lowest BCUT2D eigenvalue weighted by Gasteiger charge is -2.18. The minimum Gasteiger partial charge on any atom is -0.481 e. The molecule has 31 heavy (non-hydrogen) atoms. The maximum atomic E-state index is 12.4. The Morgan fingerprint density at radius 3 is 2.19 bits per heavy atom. The SMILES string of the molecule is O=C(O)CC(Cc1ccncc1)NCC(=O)OCC1c2ccccc2-c2ccccc21. The number of carboxylic acids is 1. The van der Waals surface area contributed by atoms with Crippen molar-refractivity contribution in [2.75, 3.05) is 13.2 Å². The van der Waals surface area contributed by atoms with Crippen LogP contribution in [0.1, 0.15) is 29.0 Å². The second-order valence-corrected chi connectivity index (χ2v) is 7.65. The van der Waals surface area contributed by atoms with E-state index in [4.69, 9.17) is 4.74 Å². The summed E-state index contributed by atoms with van der Waals surface area (Å²) in [6.45, 7) is 0.210. The van der Waals surface area contributed by atoms with Crippen LogP contribution in [0.5, 0.6) is 0 Å². The number of rotatable bonds is 9. The highest BCUT2D eigenvalue weighted by Crippen LogP contribution is 2.44. The quantitative estimate of drug-likeness (QED) is 0.520. The van der Waals surface area contributed by atoms with Crippen LogP contribution < -0.4 is 5.32 Å². The largest absolute Gasteiger partial charge is 0.481 e. The van der Waals surface area contributed by atoms with Gasteiger partial charge in [0.2, 0.25) is 0 Å². The fraction of sp³-hybridized carbons (Fsp3) is 0.240. The molecule has 0 saturated heterocycles. The average Bonchev–Trinajstić information content (AvgIpc) is 3.10. The third kappa shape index (κ3) is 4.98. The summed E-state index contributed by atoms with van der Waals surface area (Å²) in [5.41, 5.74) is 5.63. The van der Waals surface area contributed by atoms with Crippen molar-refractivity contribution in [3.8, 4) is 11.1 Å². The predicted octanol–water partition coefficient (Wildman–Crippen LogP) is 3.41. The van der Waals surface area contributed by atoms with Crippen molar-refractivity contribution in [2.24, 2.45) is 0 Å². The summed E-state index contributed by atoms with van der Waals surface area (Å²) in [7, 11) is 0. The van der Waals surface area contributed by atoms with Gasteiger partial charge in [0.1, 0.15) is 6.61 Å². The lowest BCUT2D eigenvalue weighted by Crippen LogP contribution is -2.38. The van der Waals surface area contributed by atoms with Crippen molar-refractivity contribution in [1.29, 1.82) is 0 Å². The van der Waals surface area contributed by atoms with Gasteiger partial charge in [0, 0.05) is 24.4 Å². The standard InChI is InChI=1S/C25H24N2O4/c28-24(29)14-18(13-17-9-11-26-12-10-17)27-15-25(30)31-16-23-21-7-3-1-5-19(21)20-6-2-4-8-22(20)23/h1-12,18,23,27H,13-16H2,(H,28,29). The molecule has 6 nitrogen and oxygen atoms in total. The number of hydrogen-bond acceptors (Lipinski definition) is 5. The van der Waals surface area contributed by atoms with Gasteiger partial charge >= 0.3 is 11.9 Å². The highest BCUT2D eigenvalue weighted by molar-refractivity contribution is 5.79. The summed E-state index contributed by atoms with van der Waals surface area (Å²) in [5, 5.41) is 12.2. The molecule has 158 valence electrons. The molecule has 1 aliphatic rings. The van der Waals surface area contributed by atoms with Gasteiger partial charge in [-0.3, -0.25) is 14.6 Å². The molecule has 1 aromatic heterocycles. The van der Waals surface area contributed by atoms with E-state index in [-0.39, 0.29) is 31.5 Å². The van der Waals surface area contributed by atoms with Crippen LogP contribution in [0.15, 0.2) is 73.1 Å². The normalized spacial score (nSPS) is 13.3. The number of carbonyl (C=O) groups is 2. The topological polar surface area (TPSA) is 88.5 Å². The Bertz CT molecular complexity index is 1020. The Labute approximate surface area is 180 Å².